The predicted molar refractivity (Wildman–Crippen MR) is 127 cm³/mol. The fourth-order valence-electron chi connectivity index (χ4n) is 4.77. The Hall–Kier alpha value is -2.37. The van der Waals surface area contributed by atoms with Gasteiger partial charge in [-0.05, 0) is 36.0 Å². The lowest BCUT2D eigenvalue weighted by Gasteiger charge is -2.24. The third kappa shape index (κ3) is 6.55. The van der Waals surface area contributed by atoms with Crippen LogP contribution in [0, 0.1) is 0 Å². The van der Waals surface area contributed by atoms with E-state index in [1.165, 1.54) is 55.3 Å². The normalized spacial score (nSPS) is 20.3. The highest BCUT2D eigenvalue weighted by molar-refractivity contribution is 5.80. The number of aliphatic imine (C=N–C) groups is 1. The molecule has 1 saturated carbocycles. The van der Waals surface area contributed by atoms with E-state index in [0.717, 1.165) is 25.1 Å². The van der Waals surface area contributed by atoms with Crippen LogP contribution in [0.5, 0.6) is 0 Å². The van der Waals surface area contributed by atoms with Gasteiger partial charge >= 0.3 is 0 Å². The van der Waals surface area contributed by atoms with Crippen LogP contribution in [-0.2, 0) is 24.5 Å². The van der Waals surface area contributed by atoms with Gasteiger partial charge < -0.3 is 15.4 Å². The van der Waals surface area contributed by atoms with E-state index >= 15 is 0 Å². The first kappa shape index (κ1) is 21.8. The molecule has 2 aliphatic rings. The Labute approximate surface area is 186 Å². The van der Waals surface area contributed by atoms with Crippen LogP contribution in [0.4, 0.5) is 0 Å². The van der Waals surface area contributed by atoms with Crippen molar-refractivity contribution < 1.29 is 4.74 Å². The maximum atomic E-state index is 5.89. The van der Waals surface area contributed by atoms with E-state index in [9.17, 15) is 0 Å². The molecule has 1 saturated heterocycles. The molecule has 0 spiro atoms. The summed E-state index contributed by atoms with van der Waals surface area (Å²) in [6, 6.07) is 20.2. The van der Waals surface area contributed by atoms with E-state index in [0.29, 0.717) is 19.3 Å². The van der Waals surface area contributed by atoms with Gasteiger partial charge in [0, 0.05) is 38.8 Å². The lowest BCUT2D eigenvalue weighted by Crippen LogP contribution is -2.45. The lowest BCUT2D eigenvalue weighted by atomic mass is 10.1. The highest BCUT2D eigenvalue weighted by atomic mass is 16.5. The van der Waals surface area contributed by atoms with Gasteiger partial charge in [-0.15, -0.1) is 0 Å². The summed E-state index contributed by atoms with van der Waals surface area (Å²) >= 11 is 0. The van der Waals surface area contributed by atoms with Gasteiger partial charge in [0.1, 0.15) is 0 Å². The Kier molecular flexibility index (Phi) is 7.97. The molecule has 31 heavy (non-hydrogen) atoms. The van der Waals surface area contributed by atoms with Gasteiger partial charge in [0.15, 0.2) is 5.96 Å². The van der Waals surface area contributed by atoms with Crippen molar-refractivity contribution in [3.63, 3.8) is 0 Å². The first-order valence-corrected chi connectivity index (χ1v) is 11.7. The largest absolute Gasteiger partial charge is 0.372 e. The minimum atomic E-state index is 0.490. The Morgan fingerprint density at radius 3 is 2.52 bits per heavy atom. The van der Waals surface area contributed by atoms with Crippen molar-refractivity contribution in [3.05, 3.63) is 71.3 Å². The molecule has 1 heterocycles. The summed E-state index contributed by atoms with van der Waals surface area (Å²) < 4.78 is 5.89. The fourth-order valence-corrected chi connectivity index (χ4v) is 4.77. The highest BCUT2D eigenvalue weighted by Gasteiger charge is 2.30. The summed E-state index contributed by atoms with van der Waals surface area (Å²) in [5.74, 6) is 0.893. The summed E-state index contributed by atoms with van der Waals surface area (Å²) in [7, 11) is 1.85. The van der Waals surface area contributed by atoms with Crippen molar-refractivity contribution >= 4 is 5.96 Å². The quantitative estimate of drug-likeness (QED) is 0.499. The number of likely N-dealkylation sites (tertiary alicyclic amines) is 1. The minimum Gasteiger partial charge on any atom is -0.372 e. The Balaban J connectivity index is 1.21. The van der Waals surface area contributed by atoms with Gasteiger partial charge in [-0.25, -0.2) is 0 Å². The maximum absolute atomic E-state index is 5.89. The molecule has 5 nitrogen and oxygen atoms in total. The molecular weight excluding hydrogens is 384 g/mol. The Bertz CT molecular complexity index is 832. The van der Waals surface area contributed by atoms with E-state index in [2.05, 4.69) is 56.9 Å². The smallest absolute Gasteiger partial charge is 0.191 e. The first-order chi connectivity index (χ1) is 15.3. The van der Waals surface area contributed by atoms with Crippen LogP contribution in [0.15, 0.2) is 59.6 Å². The molecule has 4 rings (SSSR count). The number of hydrogen-bond acceptors (Lipinski definition) is 3. The first-order valence-electron chi connectivity index (χ1n) is 11.7. The zero-order chi connectivity index (χ0) is 21.3. The van der Waals surface area contributed by atoms with Crippen LogP contribution < -0.4 is 10.6 Å². The van der Waals surface area contributed by atoms with Crippen LogP contribution in [0.2, 0.25) is 0 Å². The topological polar surface area (TPSA) is 48.9 Å². The molecule has 1 atom stereocenters. The van der Waals surface area contributed by atoms with E-state index < -0.39 is 0 Å². The Morgan fingerprint density at radius 1 is 0.968 bits per heavy atom. The average molecular weight is 421 g/mol. The second-order valence-corrected chi connectivity index (χ2v) is 8.79. The van der Waals surface area contributed by atoms with Crippen LogP contribution in [0.25, 0.3) is 0 Å². The molecule has 0 aromatic heterocycles. The highest BCUT2D eigenvalue weighted by Crippen LogP contribution is 2.26. The van der Waals surface area contributed by atoms with E-state index in [1.807, 2.05) is 25.2 Å². The zero-order valence-corrected chi connectivity index (χ0v) is 18.7. The second-order valence-electron chi connectivity index (χ2n) is 8.79. The molecule has 0 radical (unpaired) electrons. The number of guanidine groups is 1. The second kappa shape index (κ2) is 11.3. The summed E-state index contributed by atoms with van der Waals surface area (Å²) in [5, 5.41) is 7.11. The van der Waals surface area contributed by atoms with Crippen LogP contribution in [0.3, 0.4) is 0 Å². The molecule has 1 aliphatic carbocycles. The van der Waals surface area contributed by atoms with Crippen molar-refractivity contribution in [2.24, 2.45) is 4.99 Å². The number of benzene rings is 2. The van der Waals surface area contributed by atoms with Gasteiger partial charge in [-0.1, -0.05) is 67.4 Å². The zero-order valence-electron chi connectivity index (χ0n) is 18.7. The van der Waals surface area contributed by atoms with Gasteiger partial charge in [0.25, 0.3) is 0 Å². The summed E-state index contributed by atoms with van der Waals surface area (Å²) in [6.45, 7) is 4.36. The average Bonchev–Trinajstić information content (AvgIpc) is 3.50. The van der Waals surface area contributed by atoms with E-state index in [4.69, 9.17) is 4.74 Å². The molecule has 166 valence electrons. The Morgan fingerprint density at radius 2 is 1.71 bits per heavy atom. The van der Waals surface area contributed by atoms with Gasteiger partial charge in [0.05, 0.1) is 13.2 Å². The maximum Gasteiger partial charge on any atom is 0.191 e. The van der Waals surface area contributed by atoms with E-state index in [-0.39, 0.29) is 0 Å². The predicted octanol–water partition coefficient (Wildman–Crippen LogP) is 4.09. The molecule has 2 N–H and O–H groups in total. The van der Waals surface area contributed by atoms with Crippen molar-refractivity contribution in [2.45, 2.75) is 63.9 Å². The molecular formula is C26H36N4O. The van der Waals surface area contributed by atoms with Crippen LogP contribution >= 0.6 is 0 Å². The van der Waals surface area contributed by atoms with Crippen molar-refractivity contribution in [2.75, 3.05) is 20.1 Å². The molecule has 5 heteroatoms. The minimum absolute atomic E-state index is 0.490. The molecule has 0 bridgehead atoms. The lowest BCUT2D eigenvalue weighted by molar-refractivity contribution is 0.107. The monoisotopic (exact) mass is 420 g/mol. The summed E-state index contributed by atoms with van der Waals surface area (Å²) in [5.41, 5.74) is 3.64. The fraction of sp³-hybridized carbons (Fsp3) is 0.500. The number of nitrogens with one attached hydrogen (secondary N) is 2. The van der Waals surface area contributed by atoms with E-state index in [1.54, 1.807) is 0 Å². The summed E-state index contributed by atoms with van der Waals surface area (Å²) in [6.07, 6.45) is 6.76. The molecule has 2 aromatic rings. The molecule has 1 aliphatic heterocycles. The SMILES string of the molecule is CN=C(NCc1cccc(COCc2ccccc2)c1)NC1CCN(C2CCCC2)C1. The molecule has 2 aromatic carbocycles. The standard InChI is InChI=1S/C26H36N4O/c1-27-26(29-24-14-15-30(18-24)25-12-5-6-13-25)28-17-22-10-7-11-23(16-22)20-31-19-21-8-3-2-4-9-21/h2-4,7-11,16,24-25H,5-6,12-15,17-20H2,1H3,(H2,27,28,29). The van der Waals surface area contributed by atoms with Gasteiger partial charge in [-0.3, -0.25) is 9.89 Å². The van der Waals surface area contributed by atoms with Crippen LogP contribution in [0.1, 0.15) is 48.8 Å². The van der Waals surface area contributed by atoms with Gasteiger partial charge in [-0.2, -0.15) is 0 Å². The van der Waals surface area contributed by atoms with Crippen molar-refractivity contribution in [3.8, 4) is 0 Å². The van der Waals surface area contributed by atoms with Crippen molar-refractivity contribution in [1.82, 2.24) is 15.5 Å². The van der Waals surface area contributed by atoms with Gasteiger partial charge in [0.2, 0.25) is 0 Å². The number of ether oxygens (including phenoxy) is 1. The summed E-state index contributed by atoms with van der Waals surface area (Å²) in [4.78, 5) is 7.12. The molecule has 2 fully saturated rings. The van der Waals surface area contributed by atoms with Crippen LogP contribution in [-0.4, -0.2) is 43.1 Å². The number of hydrogen-bond donors (Lipinski definition) is 2. The third-order valence-electron chi connectivity index (χ3n) is 6.46. The molecule has 1 unspecified atom stereocenters. The number of rotatable bonds is 8. The third-order valence-corrected chi connectivity index (χ3v) is 6.46. The molecule has 0 amide bonds. The van der Waals surface area contributed by atoms with Crippen molar-refractivity contribution in [1.29, 1.82) is 0 Å². The number of nitrogens with zero attached hydrogens (tertiary/aromatic N) is 2.